The summed E-state index contributed by atoms with van der Waals surface area (Å²) in [5, 5.41) is 29.2. The molecule has 1 unspecified atom stereocenters. The van der Waals surface area contributed by atoms with Crippen molar-refractivity contribution in [3.05, 3.63) is 77.4 Å². The summed E-state index contributed by atoms with van der Waals surface area (Å²) in [6, 6.07) is 13.0. The molecule has 22 heavy (non-hydrogen) atoms. The highest BCUT2D eigenvalue weighted by Gasteiger charge is 2.22. The zero-order valence-electron chi connectivity index (χ0n) is 12.1. The van der Waals surface area contributed by atoms with Crippen molar-refractivity contribution in [3.8, 4) is 17.2 Å². The summed E-state index contributed by atoms with van der Waals surface area (Å²) in [5.41, 5.74) is 3.08. The maximum absolute atomic E-state index is 9.83. The summed E-state index contributed by atoms with van der Waals surface area (Å²) in [6.07, 6.45) is 8.15. The van der Waals surface area contributed by atoms with Crippen LogP contribution in [0.1, 0.15) is 29.9 Å². The second-order valence-electron chi connectivity index (χ2n) is 5.46. The van der Waals surface area contributed by atoms with Gasteiger partial charge < -0.3 is 15.3 Å². The fourth-order valence-electron chi connectivity index (χ4n) is 2.92. The Morgan fingerprint density at radius 1 is 0.864 bits per heavy atom. The molecule has 2 aromatic carbocycles. The number of hydrogen-bond acceptors (Lipinski definition) is 3. The van der Waals surface area contributed by atoms with Gasteiger partial charge >= 0.3 is 0 Å². The van der Waals surface area contributed by atoms with Crippen LogP contribution in [0, 0.1) is 0 Å². The van der Waals surface area contributed by atoms with Gasteiger partial charge in [0.05, 0.1) is 0 Å². The summed E-state index contributed by atoms with van der Waals surface area (Å²) in [7, 11) is 0. The maximum atomic E-state index is 9.83. The van der Waals surface area contributed by atoms with Gasteiger partial charge in [-0.3, -0.25) is 0 Å². The molecule has 0 amide bonds. The van der Waals surface area contributed by atoms with Crippen LogP contribution in [0.2, 0.25) is 0 Å². The van der Waals surface area contributed by atoms with Crippen LogP contribution in [0.3, 0.4) is 0 Å². The van der Waals surface area contributed by atoms with Crippen LogP contribution in [0.4, 0.5) is 0 Å². The van der Waals surface area contributed by atoms with Gasteiger partial charge in [0.2, 0.25) is 0 Å². The van der Waals surface area contributed by atoms with Crippen molar-refractivity contribution in [1.29, 1.82) is 0 Å². The number of phenols is 3. The van der Waals surface area contributed by atoms with Gasteiger partial charge in [-0.2, -0.15) is 0 Å². The van der Waals surface area contributed by atoms with Crippen molar-refractivity contribution < 1.29 is 15.3 Å². The van der Waals surface area contributed by atoms with Gasteiger partial charge in [0.1, 0.15) is 0 Å². The zero-order chi connectivity index (χ0) is 15.5. The number of aromatic hydroxyl groups is 3. The first-order valence-corrected chi connectivity index (χ1v) is 7.32. The highest BCUT2D eigenvalue weighted by atomic mass is 16.3. The lowest BCUT2D eigenvalue weighted by atomic mass is 9.81. The first-order valence-electron chi connectivity index (χ1n) is 7.32. The van der Waals surface area contributed by atoms with Crippen molar-refractivity contribution in [3.63, 3.8) is 0 Å². The topological polar surface area (TPSA) is 60.7 Å². The maximum Gasteiger partial charge on any atom is 0.200 e. The lowest BCUT2D eigenvalue weighted by molar-refractivity contribution is 0.367. The fourth-order valence-corrected chi connectivity index (χ4v) is 2.92. The minimum atomic E-state index is -0.479. The van der Waals surface area contributed by atoms with Crippen molar-refractivity contribution in [1.82, 2.24) is 0 Å². The predicted molar refractivity (Wildman–Crippen MR) is 86.2 cm³/mol. The molecule has 0 aromatic heterocycles. The minimum Gasteiger partial charge on any atom is -0.504 e. The van der Waals surface area contributed by atoms with E-state index < -0.39 is 5.75 Å². The lowest BCUT2D eigenvalue weighted by Gasteiger charge is -2.23. The molecular formula is C19H18O3. The molecule has 0 radical (unpaired) electrons. The Bertz CT molecular complexity index is 707. The van der Waals surface area contributed by atoms with E-state index in [4.69, 9.17) is 0 Å². The van der Waals surface area contributed by atoms with Crippen LogP contribution in [0.25, 0.3) is 0 Å². The molecule has 3 nitrogen and oxygen atoms in total. The number of allylic oxidation sites excluding steroid dienone is 4. The quantitative estimate of drug-likeness (QED) is 0.743. The van der Waals surface area contributed by atoms with E-state index in [2.05, 4.69) is 12.2 Å². The third kappa shape index (κ3) is 2.70. The third-order valence-corrected chi connectivity index (χ3v) is 3.98. The molecule has 3 heteroatoms. The van der Waals surface area contributed by atoms with Crippen LogP contribution in [0.15, 0.2) is 66.3 Å². The molecule has 1 aliphatic rings. The van der Waals surface area contributed by atoms with Crippen molar-refractivity contribution in [2.45, 2.75) is 18.8 Å². The Hall–Kier alpha value is -2.68. The Morgan fingerprint density at radius 2 is 1.55 bits per heavy atom. The first-order chi connectivity index (χ1) is 10.7. The van der Waals surface area contributed by atoms with Gasteiger partial charge in [-0.25, -0.2) is 0 Å². The summed E-state index contributed by atoms with van der Waals surface area (Å²) in [4.78, 5) is 0. The second-order valence-corrected chi connectivity index (χ2v) is 5.46. The van der Waals surface area contributed by atoms with Crippen LogP contribution in [-0.4, -0.2) is 15.3 Å². The average Bonchev–Trinajstić information content (AvgIpc) is 2.55. The summed E-state index contributed by atoms with van der Waals surface area (Å²) >= 11 is 0. The molecule has 0 saturated heterocycles. The van der Waals surface area contributed by atoms with Gasteiger partial charge in [0.15, 0.2) is 17.2 Å². The van der Waals surface area contributed by atoms with Crippen LogP contribution < -0.4 is 0 Å². The minimum absolute atomic E-state index is 0.0523. The largest absolute Gasteiger partial charge is 0.504 e. The normalized spacial score (nSPS) is 15.4. The molecule has 0 fully saturated rings. The number of phenolic OH excluding ortho intramolecular Hbond substituents is 3. The van der Waals surface area contributed by atoms with Crippen LogP contribution >= 0.6 is 0 Å². The zero-order valence-corrected chi connectivity index (χ0v) is 12.1. The van der Waals surface area contributed by atoms with E-state index in [1.165, 1.54) is 17.7 Å². The van der Waals surface area contributed by atoms with Gasteiger partial charge in [-0.1, -0.05) is 54.1 Å². The number of hydrogen-bond donors (Lipinski definition) is 3. The van der Waals surface area contributed by atoms with Crippen molar-refractivity contribution in [2.75, 3.05) is 0 Å². The van der Waals surface area contributed by atoms with Gasteiger partial charge in [-0.05, 0) is 36.1 Å². The van der Waals surface area contributed by atoms with E-state index >= 15 is 0 Å². The molecule has 1 aliphatic carbocycles. The standard InChI is InChI=1S/C19H18O3/c20-16-11-15(12-17(21)19(16)22)18(13-7-3-1-4-8-13)14-9-5-2-6-10-14/h1-5,7-9,11-12,18,20-22H,6,10H2. The summed E-state index contributed by atoms with van der Waals surface area (Å²) in [6.45, 7) is 0. The molecule has 0 heterocycles. The van der Waals surface area contributed by atoms with E-state index in [-0.39, 0.29) is 17.4 Å². The number of rotatable bonds is 3. The second kappa shape index (κ2) is 5.98. The van der Waals surface area contributed by atoms with E-state index in [0.29, 0.717) is 0 Å². The average molecular weight is 294 g/mol. The molecule has 3 rings (SSSR count). The van der Waals surface area contributed by atoms with E-state index in [0.717, 1.165) is 24.0 Å². The molecule has 1 atom stereocenters. The van der Waals surface area contributed by atoms with E-state index in [1.54, 1.807) is 0 Å². The first kappa shape index (κ1) is 14.3. The van der Waals surface area contributed by atoms with E-state index in [9.17, 15) is 15.3 Å². The number of benzene rings is 2. The molecule has 112 valence electrons. The summed E-state index contributed by atoms with van der Waals surface area (Å²) < 4.78 is 0. The molecule has 0 saturated carbocycles. The predicted octanol–water partition coefficient (Wildman–Crippen LogP) is 4.21. The monoisotopic (exact) mass is 294 g/mol. The Labute approximate surface area is 129 Å². The fraction of sp³-hybridized carbons (Fsp3) is 0.158. The highest BCUT2D eigenvalue weighted by Crippen LogP contribution is 2.42. The smallest absolute Gasteiger partial charge is 0.200 e. The highest BCUT2D eigenvalue weighted by molar-refractivity contribution is 5.55. The van der Waals surface area contributed by atoms with Crippen LogP contribution in [0.5, 0.6) is 17.2 Å². The van der Waals surface area contributed by atoms with Crippen molar-refractivity contribution in [2.24, 2.45) is 0 Å². The molecular weight excluding hydrogens is 276 g/mol. The summed E-state index contributed by atoms with van der Waals surface area (Å²) in [5.74, 6) is -1.14. The van der Waals surface area contributed by atoms with Crippen molar-refractivity contribution >= 4 is 0 Å². The Kier molecular flexibility index (Phi) is 3.88. The van der Waals surface area contributed by atoms with Gasteiger partial charge in [-0.15, -0.1) is 0 Å². The lowest BCUT2D eigenvalue weighted by Crippen LogP contribution is -2.06. The van der Waals surface area contributed by atoms with Gasteiger partial charge in [0.25, 0.3) is 0 Å². The molecule has 0 aliphatic heterocycles. The van der Waals surface area contributed by atoms with E-state index in [1.807, 2.05) is 36.4 Å². The molecule has 0 spiro atoms. The molecule has 2 aromatic rings. The molecule has 0 bridgehead atoms. The third-order valence-electron chi connectivity index (χ3n) is 3.98. The Morgan fingerprint density at radius 3 is 2.14 bits per heavy atom. The van der Waals surface area contributed by atoms with Crippen LogP contribution in [-0.2, 0) is 0 Å². The Balaban J connectivity index is 2.14. The molecule has 3 N–H and O–H groups in total. The van der Waals surface area contributed by atoms with Gasteiger partial charge in [0, 0.05) is 5.92 Å². The SMILES string of the molecule is Oc1cc(C(C2=CC=CCC2)c2ccccc2)cc(O)c1O.